The second-order valence-corrected chi connectivity index (χ2v) is 7.47. The first-order valence-corrected chi connectivity index (χ1v) is 8.64. The van der Waals surface area contributed by atoms with Gasteiger partial charge in [-0.25, -0.2) is 9.97 Å². The molecule has 130 valence electrons. The second kappa shape index (κ2) is 5.72. The summed E-state index contributed by atoms with van der Waals surface area (Å²) in [5.41, 5.74) is 1.93. The first-order chi connectivity index (χ1) is 11.9. The first kappa shape index (κ1) is 15.9. The Balaban J connectivity index is 1.47. The van der Waals surface area contributed by atoms with Crippen LogP contribution < -0.4 is 4.90 Å². The molecule has 0 aliphatic carbocycles. The summed E-state index contributed by atoms with van der Waals surface area (Å²) in [7, 11) is 0. The lowest BCUT2D eigenvalue weighted by Crippen LogP contribution is -2.29. The van der Waals surface area contributed by atoms with Gasteiger partial charge in [0.15, 0.2) is 5.89 Å². The molecule has 1 aliphatic rings. The Labute approximate surface area is 146 Å². The number of carbonyl (C=O) groups excluding carboxylic acids is 1. The summed E-state index contributed by atoms with van der Waals surface area (Å²) < 4.78 is 7.88. The molecular formula is C19H22N4O2. The van der Waals surface area contributed by atoms with E-state index in [0.717, 1.165) is 29.3 Å². The van der Waals surface area contributed by atoms with Crippen molar-refractivity contribution in [1.29, 1.82) is 0 Å². The van der Waals surface area contributed by atoms with Crippen LogP contribution in [0.3, 0.4) is 0 Å². The van der Waals surface area contributed by atoms with E-state index < -0.39 is 0 Å². The van der Waals surface area contributed by atoms with Crippen LogP contribution in [0.25, 0.3) is 11.0 Å². The highest BCUT2D eigenvalue weighted by atomic mass is 16.4. The molecule has 1 aliphatic heterocycles. The standard InChI is InChI=1S/C19H22N4O2/c1-19(2,3)15-12-20-16(25-15)8-9-17(24)23-11-10-22-14-7-5-4-6-13(14)21-18(22)23/h4-7,12H,8-11H2,1-3H3. The summed E-state index contributed by atoms with van der Waals surface area (Å²) in [6, 6.07) is 7.98. The summed E-state index contributed by atoms with van der Waals surface area (Å²) >= 11 is 0. The smallest absolute Gasteiger partial charge is 0.229 e. The van der Waals surface area contributed by atoms with E-state index >= 15 is 0 Å². The summed E-state index contributed by atoms with van der Waals surface area (Å²) in [5, 5.41) is 0. The van der Waals surface area contributed by atoms with E-state index in [1.54, 1.807) is 11.1 Å². The fourth-order valence-electron chi connectivity index (χ4n) is 3.15. The maximum absolute atomic E-state index is 12.7. The normalized spacial score (nSPS) is 14.3. The minimum atomic E-state index is -0.0743. The largest absolute Gasteiger partial charge is 0.445 e. The van der Waals surface area contributed by atoms with Crippen molar-refractivity contribution in [2.45, 2.75) is 45.6 Å². The zero-order valence-electron chi connectivity index (χ0n) is 14.8. The van der Waals surface area contributed by atoms with Crippen LogP contribution in [0.4, 0.5) is 5.95 Å². The molecule has 0 fully saturated rings. The number of carbonyl (C=O) groups is 1. The predicted octanol–water partition coefficient (Wildman–Crippen LogP) is 3.30. The van der Waals surface area contributed by atoms with Gasteiger partial charge < -0.3 is 8.98 Å². The van der Waals surface area contributed by atoms with Gasteiger partial charge in [0.05, 0.1) is 17.2 Å². The van der Waals surface area contributed by atoms with E-state index in [0.29, 0.717) is 25.3 Å². The van der Waals surface area contributed by atoms with Crippen molar-refractivity contribution < 1.29 is 9.21 Å². The number of hydrogen-bond donors (Lipinski definition) is 0. The Morgan fingerprint density at radius 2 is 2.04 bits per heavy atom. The van der Waals surface area contributed by atoms with Gasteiger partial charge >= 0.3 is 0 Å². The highest BCUT2D eigenvalue weighted by Gasteiger charge is 2.28. The van der Waals surface area contributed by atoms with Crippen LogP contribution in [0.5, 0.6) is 0 Å². The van der Waals surface area contributed by atoms with Gasteiger partial charge in [0.25, 0.3) is 0 Å². The van der Waals surface area contributed by atoms with E-state index in [9.17, 15) is 4.79 Å². The summed E-state index contributed by atoms with van der Waals surface area (Å²) in [6.45, 7) is 7.70. The van der Waals surface area contributed by atoms with Crippen LogP contribution in [0.15, 0.2) is 34.9 Å². The van der Waals surface area contributed by atoms with Gasteiger partial charge in [0.1, 0.15) is 5.76 Å². The minimum absolute atomic E-state index is 0.0598. The fourth-order valence-corrected chi connectivity index (χ4v) is 3.15. The molecule has 1 amide bonds. The van der Waals surface area contributed by atoms with Gasteiger partial charge in [-0.1, -0.05) is 32.9 Å². The summed E-state index contributed by atoms with van der Waals surface area (Å²) in [4.78, 5) is 23.4. The highest BCUT2D eigenvalue weighted by Crippen LogP contribution is 2.28. The average molecular weight is 338 g/mol. The third kappa shape index (κ3) is 2.81. The Morgan fingerprint density at radius 3 is 2.80 bits per heavy atom. The molecule has 3 heterocycles. The van der Waals surface area contributed by atoms with Crippen molar-refractivity contribution in [3.63, 3.8) is 0 Å². The molecule has 6 heteroatoms. The van der Waals surface area contributed by atoms with E-state index in [-0.39, 0.29) is 11.3 Å². The summed E-state index contributed by atoms with van der Waals surface area (Å²) in [5.74, 6) is 2.27. The Morgan fingerprint density at radius 1 is 1.24 bits per heavy atom. The molecule has 0 bridgehead atoms. The van der Waals surface area contributed by atoms with Gasteiger partial charge in [-0.3, -0.25) is 9.69 Å². The topological polar surface area (TPSA) is 64.2 Å². The minimum Gasteiger partial charge on any atom is -0.445 e. The molecule has 6 nitrogen and oxygen atoms in total. The number of amides is 1. The zero-order chi connectivity index (χ0) is 17.6. The quantitative estimate of drug-likeness (QED) is 0.735. The highest BCUT2D eigenvalue weighted by molar-refractivity contribution is 5.94. The van der Waals surface area contributed by atoms with Crippen molar-refractivity contribution in [2.75, 3.05) is 11.4 Å². The number of rotatable bonds is 3. The van der Waals surface area contributed by atoms with Crippen molar-refractivity contribution in [3.8, 4) is 0 Å². The number of para-hydroxylation sites is 2. The lowest BCUT2D eigenvalue weighted by atomic mass is 9.94. The van der Waals surface area contributed by atoms with Gasteiger partial charge in [0.2, 0.25) is 11.9 Å². The molecule has 0 saturated carbocycles. The van der Waals surface area contributed by atoms with Crippen LogP contribution in [-0.4, -0.2) is 27.0 Å². The third-order valence-corrected chi connectivity index (χ3v) is 4.57. The molecular weight excluding hydrogens is 316 g/mol. The molecule has 0 atom stereocenters. The molecule has 25 heavy (non-hydrogen) atoms. The van der Waals surface area contributed by atoms with Crippen LogP contribution in [-0.2, 0) is 23.2 Å². The SMILES string of the molecule is CC(C)(C)c1cnc(CCC(=O)N2CCn3c2nc2ccccc23)o1. The van der Waals surface area contributed by atoms with Crippen LogP contribution >= 0.6 is 0 Å². The number of nitrogens with zero attached hydrogens (tertiary/aromatic N) is 4. The second-order valence-electron chi connectivity index (χ2n) is 7.47. The first-order valence-electron chi connectivity index (χ1n) is 8.64. The van der Waals surface area contributed by atoms with E-state index in [2.05, 4.69) is 35.3 Å². The van der Waals surface area contributed by atoms with Gasteiger partial charge in [0, 0.05) is 31.3 Å². The number of fused-ring (bicyclic) bond motifs is 3. The molecule has 0 saturated heterocycles. The number of imidazole rings is 1. The molecule has 0 spiro atoms. The maximum atomic E-state index is 12.7. The van der Waals surface area contributed by atoms with Crippen LogP contribution in [0, 0.1) is 0 Å². The predicted molar refractivity (Wildman–Crippen MR) is 95.6 cm³/mol. The van der Waals surface area contributed by atoms with E-state index in [1.165, 1.54) is 0 Å². The van der Waals surface area contributed by atoms with Crippen molar-refractivity contribution in [2.24, 2.45) is 0 Å². The van der Waals surface area contributed by atoms with Gasteiger partial charge in [-0.2, -0.15) is 0 Å². The maximum Gasteiger partial charge on any atom is 0.229 e. The molecule has 4 rings (SSSR count). The number of anilines is 1. The van der Waals surface area contributed by atoms with Gasteiger partial charge in [-0.05, 0) is 12.1 Å². The van der Waals surface area contributed by atoms with Crippen LogP contribution in [0.1, 0.15) is 38.8 Å². The molecule has 2 aromatic heterocycles. The molecule has 0 unspecified atom stereocenters. The van der Waals surface area contributed by atoms with E-state index in [4.69, 9.17) is 4.42 Å². The number of oxazole rings is 1. The number of benzene rings is 1. The lowest BCUT2D eigenvalue weighted by molar-refractivity contribution is -0.118. The van der Waals surface area contributed by atoms with Gasteiger partial charge in [-0.15, -0.1) is 0 Å². The van der Waals surface area contributed by atoms with Crippen molar-refractivity contribution in [3.05, 3.63) is 42.1 Å². The Bertz CT molecular complexity index is 932. The third-order valence-electron chi connectivity index (χ3n) is 4.57. The number of aromatic nitrogens is 3. The Kier molecular flexibility index (Phi) is 3.63. The number of hydrogen-bond acceptors (Lipinski definition) is 4. The monoisotopic (exact) mass is 338 g/mol. The summed E-state index contributed by atoms with van der Waals surface area (Å²) in [6.07, 6.45) is 2.63. The van der Waals surface area contributed by atoms with Crippen LogP contribution in [0.2, 0.25) is 0 Å². The molecule has 1 aromatic carbocycles. The number of aryl methyl sites for hydroxylation is 1. The zero-order valence-corrected chi connectivity index (χ0v) is 14.8. The Hall–Kier alpha value is -2.63. The van der Waals surface area contributed by atoms with E-state index in [1.807, 2.05) is 24.3 Å². The fraction of sp³-hybridized carbons (Fsp3) is 0.421. The molecule has 0 N–H and O–H groups in total. The molecule has 3 aromatic rings. The lowest BCUT2D eigenvalue weighted by Gasteiger charge is -2.14. The average Bonchev–Trinajstić information content (AvgIpc) is 3.26. The van der Waals surface area contributed by atoms with Crippen molar-refractivity contribution >= 4 is 22.9 Å². The molecule has 0 radical (unpaired) electrons. The van der Waals surface area contributed by atoms with Crippen molar-refractivity contribution in [1.82, 2.24) is 14.5 Å².